The molecule has 0 unspecified atom stereocenters. The van der Waals surface area contributed by atoms with Crippen molar-refractivity contribution in [3.63, 3.8) is 0 Å². The highest BCUT2D eigenvalue weighted by molar-refractivity contribution is 6.14. The van der Waals surface area contributed by atoms with Crippen LogP contribution in [0.2, 0.25) is 0 Å². The van der Waals surface area contributed by atoms with Gasteiger partial charge < -0.3 is 19.9 Å². The molecule has 12 aromatic rings. The Morgan fingerprint density at radius 3 is 0.828 bits per heavy atom. The lowest BCUT2D eigenvalue weighted by Gasteiger charge is -2.26. The second-order valence-electron chi connectivity index (χ2n) is 15.2. The Morgan fingerprint density at radius 2 is 0.517 bits per heavy atom. The van der Waals surface area contributed by atoms with Crippen LogP contribution in [0.15, 0.2) is 200 Å². The highest BCUT2D eigenvalue weighted by Crippen LogP contribution is 2.41. The zero-order valence-electron chi connectivity index (χ0n) is 31.5. The minimum atomic E-state index is 1.09. The fourth-order valence-corrected chi connectivity index (χ4v) is 9.16. The van der Waals surface area contributed by atoms with Gasteiger partial charge in [-0.15, -0.1) is 0 Å². The molecule has 4 heteroatoms. The number of anilines is 3. The Hall–Kier alpha value is -7.82. The number of aromatic amines is 3. The average molecular weight is 741 g/mol. The van der Waals surface area contributed by atoms with Crippen molar-refractivity contribution in [2.24, 2.45) is 0 Å². The van der Waals surface area contributed by atoms with Crippen LogP contribution >= 0.6 is 0 Å². The largest absolute Gasteiger partial charge is 0.354 e. The fraction of sp³-hybridized carbons (Fsp3) is 0. The highest BCUT2D eigenvalue weighted by Gasteiger charge is 2.17. The van der Waals surface area contributed by atoms with Gasteiger partial charge in [0.25, 0.3) is 0 Å². The topological polar surface area (TPSA) is 50.6 Å². The first-order chi connectivity index (χ1) is 28.7. The van der Waals surface area contributed by atoms with Gasteiger partial charge in [-0.3, -0.25) is 0 Å². The van der Waals surface area contributed by atoms with Gasteiger partial charge >= 0.3 is 0 Å². The van der Waals surface area contributed by atoms with E-state index in [0.29, 0.717) is 0 Å². The zero-order chi connectivity index (χ0) is 38.2. The van der Waals surface area contributed by atoms with Crippen LogP contribution in [0.4, 0.5) is 17.1 Å². The van der Waals surface area contributed by atoms with E-state index in [1.807, 2.05) is 0 Å². The Bertz CT molecular complexity index is 3120. The molecule has 0 bridgehead atoms. The van der Waals surface area contributed by atoms with E-state index >= 15 is 0 Å². The summed E-state index contributed by atoms with van der Waals surface area (Å²) >= 11 is 0. The molecule has 12 rings (SSSR count). The number of benzene rings is 9. The molecule has 0 aliphatic heterocycles. The molecule has 58 heavy (non-hydrogen) atoms. The molecule has 4 nitrogen and oxygen atoms in total. The molecule has 0 aliphatic carbocycles. The summed E-state index contributed by atoms with van der Waals surface area (Å²) in [7, 11) is 0. The molecule has 0 amide bonds. The fourth-order valence-electron chi connectivity index (χ4n) is 9.16. The normalized spacial score (nSPS) is 11.8. The van der Waals surface area contributed by atoms with Crippen LogP contribution in [0.3, 0.4) is 0 Å². The lowest BCUT2D eigenvalue weighted by atomic mass is 10.00. The van der Waals surface area contributed by atoms with E-state index in [-0.39, 0.29) is 0 Å². The number of hydrogen-bond donors (Lipinski definition) is 3. The van der Waals surface area contributed by atoms with Gasteiger partial charge in [0.05, 0.1) is 16.6 Å². The highest BCUT2D eigenvalue weighted by atomic mass is 15.1. The minimum Gasteiger partial charge on any atom is -0.354 e. The van der Waals surface area contributed by atoms with Crippen molar-refractivity contribution >= 4 is 82.5 Å². The maximum Gasteiger partial charge on any atom is 0.0544 e. The van der Waals surface area contributed by atoms with Gasteiger partial charge in [-0.25, -0.2) is 0 Å². The number of nitrogens with zero attached hydrogens (tertiary/aromatic N) is 1. The molecule has 3 heterocycles. The van der Waals surface area contributed by atoms with Crippen LogP contribution in [-0.4, -0.2) is 15.0 Å². The second kappa shape index (κ2) is 12.9. The van der Waals surface area contributed by atoms with Crippen LogP contribution in [0.25, 0.3) is 98.8 Å². The smallest absolute Gasteiger partial charge is 0.0544 e. The van der Waals surface area contributed by atoms with Crippen LogP contribution in [0, 0.1) is 0 Å². The van der Waals surface area contributed by atoms with Gasteiger partial charge in [0.1, 0.15) is 0 Å². The van der Waals surface area contributed by atoms with E-state index in [1.165, 1.54) is 65.7 Å². The summed E-state index contributed by atoms with van der Waals surface area (Å²) in [6, 6.07) is 72.3. The SMILES string of the molecule is c1ccc2c(c1)[nH]c1c(-c3ccc(N(c4ccc(-c5cccc6c5[nH]c5ccccc56)cc4)c4ccc(-c5cccc6c5[nH]c5ccccc56)cc4)cc3)cccc12. The summed E-state index contributed by atoms with van der Waals surface area (Å²) in [6.45, 7) is 0. The molecular weight excluding hydrogens is 705 g/mol. The molecule has 3 N–H and O–H groups in total. The predicted octanol–water partition coefficient (Wildman–Crippen LogP) is 15.1. The third-order valence-corrected chi connectivity index (χ3v) is 11.9. The minimum absolute atomic E-state index is 1.09. The summed E-state index contributed by atoms with van der Waals surface area (Å²) in [4.78, 5) is 13.4. The second-order valence-corrected chi connectivity index (χ2v) is 15.2. The number of aromatic nitrogens is 3. The van der Waals surface area contributed by atoms with Crippen molar-refractivity contribution < 1.29 is 0 Å². The van der Waals surface area contributed by atoms with Gasteiger partial charge in [0, 0.05) is 82.6 Å². The van der Waals surface area contributed by atoms with E-state index in [2.05, 4.69) is 220 Å². The molecule has 272 valence electrons. The summed E-state index contributed by atoms with van der Waals surface area (Å²) < 4.78 is 0. The molecule has 0 spiro atoms. The van der Waals surface area contributed by atoms with Gasteiger partial charge in [-0.2, -0.15) is 0 Å². The summed E-state index contributed by atoms with van der Waals surface area (Å²) in [5.74, 6) is 0. The first kappa shape index (κ1) is 32.4. The third-order valence-electron chi connectivity index (χ3n) is 11.9. The number of rotatable bonds is 6. The summed E-state index contributed by atoms with van der Waals surface area (Å²) in [6.07, 6.45) is 0. The molecule has 0 radical (unpaired) electrons. The number of hydrogen-bond acceptors (Lipinski definition) is 1. The van der Waals surface area contributed by atoms with Crippen LogP contribution in [0.1, 0.15) is 0 Å². The van der Waals surface area contributed by atoms with E-state index in [1.54, 1.807) is 0 Å². The Labute approximate surface area is 334 Å². The molecule has 3 aromatic heterocycles. The van der Waals surface area contributed by atoms with Crippen molar-refractivity contribution in [3.8, 4) is 33.4 Å². The van der Waals surface area contributed by atoms with Crippen LogP contribution in [0.5, 0.6) is 0 Å². The summed E-state index contributed by atoms with van der Waals surface area (Å²) in [5.41, 5.74) is 17.3. The average Bonchev–Trinajstić information content (AvgIpc) is 3.99. The number of fused-ring (bicyclic) bond motifs is 9. The molecular formula is C54H36N4. The molecule has 0 fully saturated rings. The van der Waals surface area contributed by atoms with Crippen molar-refractivity contribution in [3.05, 3.63) is 200 Å². The van der Waals surface area contributed by atoms with Crippen molar-refractivity contribution in [2.75, 3.05) is 4.90 Å². The van der Waals surface area contributed by atoms with Crippen molar-refractivity contribution in [1.29, 1.82) is 0 Å². The maximum atomic E-state index is 3.69. The van der Waals surface area contributed by atoms with Gasteiger partial charge in [-0.05, 0) is 71.3 Å². The molecule has 9 aromatic carbocycles. The summed E-state index contributed by atoms with van der Waals surface area (Å²) in [5, 5.41) is 7.46. The number of H-pyrrole nitrogens is 3. The first-order valence-electron chi connectivity index (χ1n) is 19.8. The van der Waals surface area contributed by atoms with E-state index in [4.69, 9.17) is 0 Å². The number of nitrogens with one attached hydrogen (secondary N) is 3. The molecule has 0 saturated heterocycles. The lowest BCUT2D eigenvalue weighted by molar-refractivity contribution is 1.28. The lowest BCUT2D eigenvalue weighted by Crippen LogP contribution is -2.09. The van der Waals surface area contributed by atoms with E-state index in [9.17, 15) is 0 Å². The van der Waals surface area contributed by atoms with Gasteiger partial charge in [-0.1, -0.05) is 146 Å². The predicted molar refractivity (Wildman–Crippen MR) is 246 cm³/mol. The first-order valence-corrected chi connectivity index (χ1v) is 19.8. The van der Waals surface area contributed by atoms with Gasteiger partial charge in [0.2, 0.25) is 0 Å². The maximum absolute atomic E-state index is 3.69. The Kier molecular flexibility index (Phi) is 7.20. The third kappa shape index (κ3) is 5.09. The molecule has 0 atom stereocenters. The molecule has 0 saturated carbocycles. The number of para-hydroxylation sites is 6. The van der Waals surface area contributed by atoms with Crippen LogP contribution in [-0.2, 0) is 0 Å². The quantitative estimate of drug-likeness (QED) is 0.156. The van der Waals surface area contributed by atoms with Crippen LogP contribution < -0.4 is 4.90 Å². The van der Waals surface area contributed by atoms with Gasteiger partial charge in [0.15, 0.2) is 0 Å². The van der Waals surface area contributed by atoms with E-state index < -0.39 is 0 Å². The van der Waals surface area contributed by atoms with Crippen molar-refractivity contribution in [2.45, 2.75) is 0 Å². The van der Waals surface area contributed by atoms with Crippen molar-refractivity contribution in [1.82, 2.24) is 15.0 Å². The standard InChI is InChI=1S/C54H36N4/c1-4-19-49-43(10-1)46-16-7-13-40(52(46)55-49)34-22-28-37(29-23-34)58(38-30-24-35(25-31-38)41-14-8-17-47-44-11-2-5-20-50(44)56-53(41)47)39-32-26-36(27-33-39)42-15-9-18-48-45-12-3-6-21-51(45)57-54(42)48/h1-33,55-57H. The monoisotopic (exact) mass is 740 g/mol. The zero-order valence-corrected chi connectivity index (χ0v) is 31.5. The Morgan fingerprint density at radius 1 is 0.241 bits per heavy atom. The van der Waals surface area contributed by atoms with E-state index in [0.717, 1.165) is 50.2 Å². The Balaban J connectivity index is 0.959. The molecule has 0 aliphatic rings.